The molecule has 0 spiro atoms. The molecule has 4 N–H and O–H groups in total. The van der Waals surface area contributed by atoms with Gasteiger partial charge in [-0.15, -0.1) is 0 Å². The first-order chi connectivity index (χ1) is 9.54. The third kappa shape index (κ3) is 1.80. The third-order valence-electron chi connectivity index (χ3n) is 3.99. The Morgan fingerprint density at radius 2 is 2.30 bits per heavy atom. The number of fused-ring (bicyclic) bond motifs is 1. The van der Waals surface area contributed by atoms with Crippen molar-refractivity contribution < 1.29 is 14.9 Å². The van der Waals surface area contributed by atoms with E-state index in [9.17, 15) is 10.2 Å². The van der Waals surface area contributed by atoms with Crippen LogP contribution in [-0.2, 0) is 4.74 Å². The molecule has 0 radical (unpaired) electrons. The summed E-state index contributed by atoms with van der Waals surface area (Å²) in [5.41, 5.74) is 6.65. The van der Waals surface area contributed by atoms with Crippen molar-refractivity contribution in [3.63, 3.8) is 0 Å². The van der Waals surface area contributed by atoms with Crippen molar-refractivity contribution in [2.45, 2.75) is 25.4 Å². The van der Waals surface area contributed by atoms with E-state index in [-0.39, 0.29) is 12.5 Å². The topological polar surface area (TPSA) is 109 Å². The van der Waals surface area contributed by atoms with Crippen molar-refractivity contribution in [1.82, 2.24) is 14.5 Å². The smallest absolute Gasteiger partial charge is 0.162 e. The average molecular weight is 281 g/mol. The van der Waals surface area contributed by atoms with Crippen LogP contribution in [0.2, 0.25) is 0 Å². The summed E-state index contributed by atoms with van der Waals surface area (Å²) in [5.74, 6) is 0.403. The number of aromatic nitrogens is 2. The standard InChI is InChI=1S/C12H19N5O3/c1-6-9(19)7(3-18)20-12(6)17-5-14-8-10(13)16(2)4-15-11(8)17/h5-7,9,12,18-19H,3-4,13H2,1-2H3/t6-,7-,9+,12-/m1/s1. The maximum absolute atomic E-state index is 10.0. The predicted molar refractivity (Wildman–Crippen MR) is 69.4 cm³/mol. The molecule has 4 atom stereocenters. The highest BCUT2D eigenvalue weighted by Gasteiger charge is 2.42. The van der Waals surface area contributed by atoms with E-state index in [0.29, 0.717) is 23.3 Å². The van der Waals surface area contributed by atoms with Gasteiger partial charge in [0, 0.05) is 13.0 Å². The molecule has 0 unspecified atom stereocenters. The van der Waals surface area contributed by atoms with E-state index in [4.69, 9.17) is 10.5 Å². The van der Waals surface area contributed by atoms with Gasteiger partial charge in [-0.3, -0.25) is 4.57 Å². The SMILES string of the molecule is C[C@@H]1[C@H](O)[C@@H](CO)O[C@H]1n1cnc2c1=NCN(C)C=2N. The zero-order valence-electron chi connectivity index (χ0n) is 11.5. The van der Waals surface area contributed by atoms with Gasteiger partial charge in [0.1, 0.15) is 30.2 Å². The zero-order valence-corrected chi connectivity index (χ0v) is 11.5. The molecule has 0 aliphatic carbocycles. The van der Waals surface area contributed by atoms with Gasteiger partial charge in [0.15, 0.2) is 5.49 Å². The molecule has 1 fully saturated rings. The predicted octanol–water partition coefficient (Wildman–Crippen LogP) is -2.68. The number of aliphatic hydroxyl groups is 2. The number of ether oxygens (including phenoxy) is 1. The highest BCUT2D eigenvalue weighted by atomic mass is 16.5. The van der Waals surface area contributed by atoms with Gasteiger partial charge in [-0.1, -0.05) is 6.92 Å². The maximum atomic E-state index is 10.0. The van der Waals surface area contributed by atoms with Gasteiger partial charge in [-0.25, -0.2) is 9.98 Å². The molecule has 2 aliphatic rings. The fourth-order valence-electron chi connectivity index (χ4n) is 2.67. The van der Waals surface area contributed by atoms with Gasteiger partial charge in [-0.2, -0.15) is 0 Å². The summed E-state index contributed by atoms with van der Waals surface area (Å²) in [4.78, 5) is 10.5. The molecule has 2 aliphatic heterocycles. The lowest BCUT2D eigenvalue weighted by Gasteiger charge is -2.20. The van der Waals surface area contributed by atoms with E-state index in [1.807, 2.05) is 18.9 Å². The Bertz CT molecular complexity index is 628. The van der Waals surface area contributed by atoms with Gasteiger partial charge < -0.3 is 25.6 Å². The Morgan fingerprint density at radius 1 is 1.55 bits per heavy atom. The van der Waals surface area contributed by atoms with Gasteiger partial charge in [-0.05, 0) is 0 Å². The van der Waals surface area contributed by atoms with Crippen LogP contribution in [0.25, 0.3) is 5.82 Å². The Kier molecular flexibility index (Phi) is 3.15. The zero-order chi connectivity index (χ0) is 14.4. The molecule has 0 amide bonds. The minimum Gasteiger partial charge on any atom is -0.394 e. The Labute approximate surface area is 115 Å². The monoisotopic (exact) mass is 281 g/mol. The summed E-state index contributed by atoms with van der Waals surface area (Å²) in [6, 6.07) is 0. The molecule has 1 saturated heterocycles. The van der Waals surface area contributed by atoms with Crippen LogP contribution in [0.5, 0.6) is 0 Å². The number of imidazole rings is 1. The highest BCUT2D eigenvalue weighted by molar-refractivity contribution is 5.35. The number of nitrogens with zero attached hydrogens (tertiary/aromatic N) is 4. The van der Waals surface area contributed by atoms with Crippen molar-refractivity contribution in [2.75, 3.05) is 20.3 Å². The molecule has 8 nitrogen and oxygen atoms in total. The van der Waals surface area contributed by atoms with Gasteiger partial charge in [0.05, 0.1) is 19.0 Å². The highest BCUT2D eigenvalue weighted by Crippen LogP contribution is 2.33. The van der Waals surface area contributed by atoms with Crippen LogP contribution in [0.1, 0.15) is 13.2 Å². The van der Waals surface area contributed by atoms with Crippen LogP contribution in [0.4, 0.5) is 0 Å². The van der Waals surface area contributed by atoms with E-state index in [2.05, 4.69) is 9.98 Å². The molecule has 0 bridgehead atoms. The minimum atomic E-state index is -0.712. The first kappa shape index (κ1) is 13.3. The summed E-state index contributed by atoms with van der Waals surface area (Å²) in [7, 11) is 1.85. The number of rotatable bonds is 2. The second-order valence-corrected chi connectivity index (χ2v) is 5.30. The second-order valence-electron chi connectivity index (χ2n) is 5.30. The third-order valence-corrected chi connectivity index (χ3v) is 3.99. The summed E-state index contributed by atoms with van der Waals surface area (Å²) in [5, 5.41) is 19.9. The van der Waals surface area contributed by atoms with Gasteiger partial charge in [0.2, 0.25) is 0 Å². The summed E-state index contributed by atoms with van der Waals surface area (Å²) < 4.78 is 7.48. The van der Waals surface area contributed by atoms with E-state index < -0.39 is 18.4 Å². The van der Waals surface area contributed by atoms with Gasteiger partial charge in [0.25, 0.3) is 0 Å². The van der Waals surface area contributed by atoms with E-state index in [1.54, 1.807) is 10.9 Å². The molecule has 110 valence electrons. The number of aliphatic hydroxyl groups excluding tert-OH is 2. The maximum Gasteiger partial charge on any atom is 0.162 e. The first-order valence-electron chi connectivity index (χ1n) is 6.57. The summed E-state index contributed by atoms with van der Waals surface area (Å²) in [6.07, 6.45) is -0.0805. The van der Waals surface area contributed by atoms with Crippen LogP contribution in [0.3, 0.4) is 0 Å². The van der Waals surface area contributed by atoms with Crippen LogP contribution in [0.15, 0.2) is 11.3 Å². The number of hydrogen-bond acceptors (Lipinski definition) is 7. The van der Waals surface area contributed by atoms with E-state index >= 15 is 0 Å². The first-order valence-corrected chi connectivity index (χ1v) is 6.57. The molecule has 3 rings (SSSR count). The lowest BCUT2D eigenvalue weighted by Crippen LogP contribution is -2.45. The molecule has 20 heavy (non-hydrogen) atoms. The van der Waals surface area contributed by atoms with Crippen LogP contribution in [-0.4, -0.2) is 57.2 Å². The normalized spacial score (nSPS) is 33.2. The Morgan fingerprint density at radius 3 is 2.95 bits per heavy atom. The number of nitrogens with two attached hydrogens (primary N) is 1. The van der Waals surface area contributed by atoms with E-state index in [1.165, 1.54) is 0 Å². The molecule has 0 saturated carbocycles. The Balaban J connectivity index is 2.05. The largest absolute Gasteiger partial charge is 0.394 e. The van der Waals surface area contributed by atoms with Crippen molar-refractivity contribution in [1.29, 1.82) is 0 Å². The van der Waals surface area contributed by atoms with Crippen LogP contribution >= 0.6 is 0 Å². The molecule has 1 aromatic heterocycles. The van der Waals surface area contributed by atoms with Gasteiger partial charge >= 0.3 is 0 Å². The molecular formula is C12H19N5O3. The van der Waals surface area contributed by atoms with Crippen LogP contribution in [0, 0.1) is 5.92 Å². The van der Waals surface area contributed by atoms with Crippen molar-refractivity contribution in [2.24, 2.45) is 16.6 Å². The molecule has 1 aromatic rings. The molecule has 0 aromatic carbocycles. The molecule has 3 heterocycles. The minimum absolute atomic E-state index is 0.165. The van der Waals surface area contributed by atoms with Crippen molar-refractivity contribution in [3.8, 4) is 0 Å². The fraction of sp³-hybridized carbons (Fsp3) is 0.667. The van der Waals surface area contributed by atoms with E-state index in [0.717, 1.165) is 0 Å². The lowest BCUT2D eigenvalue weighted by molar-refractivity contribution is -0.0473. The molecule has 8 heteroatoms. The Hall–Kier alpha value is -1.64. The number of hydrogen-bond donors (Lipinski definition) is 3. The van der Waals surface area contributed by atoms with Crippen LogP contribution < -0.4 is 16.6 Å². The lowest BCUT2D eigenvalue weighted by atomic mass is 10.0. The molecular weight excluding hydrogens is 262 g/mol. The average Bonchev–Trinajstić information content (AvgIpc) is 2.98. The van der Waals surface area contributed by atoms with Crippen molar-refractivity contribution in [3.05, 3.63) is 17.2 Å². The second kappa shape index (κ2) is 4.72. The van der Waals surface area contributed by atoms with Crippen molar-refractivity contribution >= 4 is 5.82 Å². The quantitative estimate of drug-likeness (QED) is 0.545. The fourth-order valence-corrected chi connectivity index (χ4v) is 2.67. The summed E-state index contributed by atoms with van der Waals surface area (Å²) in [6.45, 7) is 2.12. The summed E-state index contributed by atoms with van der Waals surface area (Å²) >= 11 is 0.